The van der Waals surface area contributed by atoms with Crippen LogP contribution in [0.1, 0.15) is 39.1 Å². The van der Waals surface area contributed by atoms with Crippen molar-refractivity contribution in [3.63, 3.8) is 0 Å². The van der Waals surface area contributed by atoms with Crippen LogP contribution in [-0.2, 0) is 9.53 Å². The number of amides is 3. The fourth-order valence-electron chi connectivity index (χ4n) is 3.64. The molecule has 2 heterocycles. The standard InChI is InChI=1S/C22H21ClN2O5/c1-13-9-14(23)4-7-19(13)30-12-20(26)24-15-5-6-17-18(10-15)22(28)25(21(17)27)11-16-3-2-8-29-16/h4-7,9-10,16H,2-3,8,11-12H2,1H3,(H,24,26). The molecular formula is C22H21ClN2O5. The van der Waals surface area contributed by atoms with Crippen molar-refractivity contribution in [2.75, 3.05) is 25.1 Å². The number of aryl methyl sites for hydroxylation is 1. The SMILES string of the molecule is Cc1cc(Cl)ccc1OCC(=O)Nc1ccc2c(c1)C(=O)N(CC1CCCO1)C2=O. The highest BCUT2D eigenvalue weighted by atomic mass is 35.5. The van der Waals surface area contributed by atoms with E-state index in [1.165, 1.54) is 11.0 Å². The number of carbonyl (C=O) groups excluding carboxylic acids is 3. The molecule has 8 heteroatoms. The number of anilines is 1. The minimum absolute atomic E-state index is 0.111. The summed E-state index contributed by atoms with van der Waals surface area (Å²) in [5.41, 5.74) is 1.87. The number of fused-ring (bicyclic) bond motifs is 1. The largest absolute Gasteiger partial charge is 0.483 e. The van der Waals surface area contributed by atoms with Crippen molar-refractivity contribution >= 4 is 35.0 Å². The molecule has 2 aliphatic rings. The van der Waals surface area contributed by atoms with E-state index in [1.54, 1.807) is 30.3 Å². The van der Waals surface area contributed by atoms with Gasteiger partial charge in [0.15, 0.2) is 6.61 Å². The maximum Gasteiger partial charge on any atom is 0.262 e. The van der Waals surface area contributed by atoms with Gasteiger partial charge in [0.1, 0.15) is 5.75 Å². The first-order valence-corrected chi connectivity index (χ1v) is 10.1. The summed E-state index contributed by atoms with van der Waals surface area (Å²) in [5.74, 6) is -0.508. The van der Waals surface area contributed by atoms with Crippen LogP contribution in [0.25, 0.3) is 0 Å². The van der Waals surface area contributed by atoms with Crippen LogP contribution in [0.15, 0.2) is 36.4 Å². The Hall–Kier alpha value is -2.90. The summed E-state index contributed by atoms with van der Waals surface area (Å²) in [6.45, 7) is 2.55. The van der Waals surface area contributed by atoms with E-state index in [1.807, 2.05) is 6.92 Å². The maximum atomic E-state index is 12.7. The first-order chi connectivity index (χ1) is 14.4. The van der Waals surface area contributed by atoms with Crippen LogP contribution in [0.2, 0.25) is 5.02 Å². The van der Waals surface area contributed by atoms with Gasteiger partial charge < -0.3 is 14.8 Å². The van der Waals surface area contributed by atoms with Crippen LogP contribution < -0.4 is 10.1 Å². The third-order valence-corrected chi connectivity index (χ3v) is 5.40. The molecule has 30 heavy (non-hydrogen) atoms. The number of imide groups is 1. The molecule has 7 nitrogen and oxygen atoms in total. The summed E-state index contributed by atoms with van der Waals surface area (Å²) in [6.07, 6.45) is 1.66. The van der Waals surface area contributed by atoms with Crippen molar-refractivity contribution in [1.82, 2.24) is 4.90 Å². The summed E-state index contributed by atoms with van der Waals surface area (Å²) < 4.78 is 11.1. The molecule has 0 spiro atoms. The molecule has 1 N–H and O–H groups in total. The van der Waals surface area contributed by atoms with E-state index >= 15 is 0 Å². The zero-order valence-electron chi connectivity index (χ0n) is 16.4. The molecule has 2 aliphatic heterocycles. The third kappa shape index (κ3) is 4.17. The number of nitrogens with zero attached hydrogens (tertiary/aromatic N) is 1. The maximum absolute atomic E-state index is 12.7. The van der Waals surface area contributed by atoms with E-state index in [2.05, 4.69) is 5.32 Å². The van der Waals surface area contributed by atoms with Crippen molar-refractivity contribution < 1.29 is 23.9 Å². The van der Waals surface area contributed by atoms with Gasteiger partial charge in [0.05, 0.1) is 23.8 Å². The number of hydrogen-bond acceptors (Lipinski definition) is 5. The smallest absolute Gasteiger partial charge is 0.262 e. The minimum atomic E-state index is -0.378. The van der Waals surface area contributed by atoms with Gasteiger partial charge in [-0.2, -0.15) is 0 Å². The van der Waals surface area contributed by atoms with Gasteiger partial charge in [-0.1, -0.05) is 11.6 Å². The molecule has 0 radical (unpaired) electrons. The minimum Gasteiger partial charge on any atom is -0.483 e. The van der Waals surface area contributed by atoms with Crippen LogP contribution in [0.3, 0.4) is 0 Å². The average Bonchev–Trinajstić information content (AvgIpc) is 3.30. The topological polar surface area (TPSA) is 84.9 Å². The van der Waals surface area contributed by atoms with Gasteiger partial charge in [-0.15, -0.1) is 0 Å². The second-order valence-electron chi connectivity index (χ2n) is 7.36. The Labute approximate surface area is 178 Å². The number of nitrogens with one attached hydrogen (secondary N) is 1. The van der Waals surface area contributed by atoms with E-state index in [-0.39, 0.29) is 42.5 Å². The van der Waals surface area contributed by atoms with Crippen molar-refractivity contribution in [2.24, 2.45) is 0 Å². The molecule has 4 rings (SSSR count). The molecule has 0 saturated carbocycles. The quantitative estimate of drug-likeness (QED) is 0.712. The van der Waals surface area contributed by atoms with Crippen LogP contribution >= 0.6 is 11.6 Å². The highest BCUT2D eigenvalue weighted by Gasteiger charge is 2.37. The Kier molecular flexibility index (Phi) is 5.74. The van der Waals surface area contributed by atoms with Gasteiger partial charge in [-0.3, -0.25) is 19.3 Å². The summed E-state index contributed by atoms with van der Waals surface area (Å²) in [4.78, 5) is 38.8. The second kappa shape index (κ2) is 8.45. The van der Waals surface area contributed by atoms with Crippen LogP contribution in [0.5, 0.6) is 5.75 Å². The number of halogens is 1. The summed E-state index contributed by atoms with van der Waals surface area (Å²) in [6, 6.07) is 9.83. The van der Waals surface area contributed by atoms with Crippen LogP contribution in [0.4, 0.5) is 5.69 Å². The number of rotatable bonds is 6. The lowest BCUT2D eigenvalue weighted by Crippen LogP contribution is -2.36. The van der Waals surface area contributed by atoms with Gasteiger partial charge in [0.25, 0.3) is 17.7 Å². The predicted octanol–water partition coefficient (Wildman–Crippen LogP) is 3.44. The molecular weight excluding hydrogens is 408 g/mol. The van der Waals surface area contributed by atoms with Crippen molar-refractivity contribution in [3.05, 3.63) is 58.1 Å². The lowest BCUT2D eigenvalue weighted by atomic mass is 10.1. The number of benzene rings is 2. The van der Waals surface area contributed by atoms with Crippen LogP contribution in [-0.4, -0.2) is 48.5 Å². The van der Waals surface area contributed by atoms with Gasteiger partial charge >= 0.3 is 0 Å². The molecule has 1 fully saturated rings. The molecule has 156 valence electrons. The highest BCUT2D eigenvalue weighted by molar-refractivity contribution is 6.30. The second-order valence-corrected chi connectivity index (χ2v) is 7.80. The first-order valence-electron chi connectivity index (χ1n) is 9.73. The lowest BCUT2D eigenvalue weighted by molar-refractivity contribution is -0.118. The molecule has 0 aliphatic carbocycles. The van der Waals surface area contributed by atoms with Crippen molar-refractivity contribution in [3.8, 4) is 5.75 Å². The zero-order valence-corrected chi connectivity index (χ0v) is 17.2. The molecule has 2 aromatic carbocycles. The molecule has 3 amide bonds. The van der Waals surface area contributed by atoms with Gasteiger partial charge in [0, 0.05) is 17.3 Å². The lowest BCUT2D eigenvalue weighted by Gasteiger charge is -2.17. The Morgan fingerprint density at radius 1 is 1.20 bits per heavy atom. The van der Waals surface area contributed by atoms with Gasteiger partial charge in [0.2, 0.25) is 0 Å². The van der Waals surface area contributed by atoms with E-state index < -0.39 is 0 Å². The van der Waals surface area contributed by atoms with E-state index in [9.17, 15) is 14.4 Å². The highest BCUT2D eigenvalue weighted by Crippen LogP contribution is 2.27. The average molecular weight is 429 g/mol. The predicted molar refractivity (Wildman–Crippen MR) is 111 cm³/mol. The number of ether oxygens (including phenoxy) is 2. The van der Waals surface area contributed by atoms with Crippen molar-refractivity contribution in [2.45, 2.75) is 25.9 Å². The summed E-state index contributed by atoms with van der Waals surface area (Å²) in [5, 5.41) is 3.29. The third-order valence-electron chi connectivity index (χ3n) is 5.16. The van der Waals surface area contributed by atoms with E-state index in [0.717, 1.165) is 18.4 Å². The van der Waals surface area contributed by atoms with E-state index in [0.29, 0.717) is 28.6 Å². The molecule has 2 aromatic rings. The Balaban J connectivity index is 1.40. The molecule has 0 bridgehead atoms. The summed E-state index contributed by atoms with van der Waals surface area (Å²) >= 11 is 5.92. The van der Waals surface area contributed by atoms with Gasteiger partial charge in [-0.05, 0) is 61.7 Å². The number of carbonyl (C=O) groups is 3. The summed E-state index contributed by atoms with van der Waals surface area (Å²) in [7, 11) is 0. The monoisotopic (exact) mass is 428 g/mol. The zero-order chi connectivity index (χ0) is 21.3. The van der Waals surface area contributed by atoms with E-state index in [4.69, 9.17) is 21.1 Å². The fraction of sp³-hybridized carbons (Fsp3) is 0.318. The van der Waals surface area contributed by atoms with Crippen LogP contribution in [0, 0.1) is 6.92 Å². The Morgan fingerprint density at radius 2 is 2.00 bits per heavy atom. The normalized spacial score (nSPS) is 17.9. The Morgan fingerprint density at radius 3 is 2.73 bits per heavy atom. The fourth-order valence-corrected chi connectivity index (χ4v) is 3.87. The Bertz CT molecular complexity index is 1020. The molecule has 1 unspecified atom stereocenters. The molecule has 0 aromatic heterocycles. The molecule has 1 saturated heterocycles. The van der Waals surface area contributed by atoms with Gasteiger partial charge in [-0.25, -0.2) is 0 Å². The number of hydrogen-bond donors (Lipinski definition) is 1. The molecule has 1 atom stereocenters. The van der Waals surface area contributed by atoms with Crippen molar-refractivity contribution in [1.29, 1.82) is 0 Å². The first kappa shape index (κ1) is 20.4.